The van der Waals surface area contributed by atoms with Crippen LogP contribution in [0.4, 0.5) is 5.69 Å². The van der Waals surface area contributed by atoms with Crippen LogP contribution in [0, 0.1) is 0 Å². The molecular formula is C22H25N3O6. The number of anilines is 1. The smallest absolute Gasteiger partial charge is 0.260 e. The zero-order valence-corrected chi connectivity index (χ0v) is 17.7. The van der Waals surface area contributed by atoms with Crippen LogP contribution in [-0.4, -0.2) is 57.2 Å². The molecule has 1 fully saturated rings. The maximum absolute atomic E-state index is 13.5. The van der Waals surface area contributed by atoms with Crippen LogP contribution in [0.15, 0.2) is 36.4 Å². The van der Waals surface area contributed by atoms with Gasteiger partial charge < -0.3 is 24.8 Å². The van der Waals surface area contributed by atoms with Crippen molar-refractivity contribution in [1.82, 2.24) is 4.90 Å². The molecule has 1 heterocycles. The number of rotatable bonds is 8. The number of hydrogen-bond donors (Lipinski definition) is 1. The van der Waals surface area contributed by atoms with E-state index < -0.39 is 5.91 Å². The highest BCUT2D eigenvalue weighted by Gasteiger charge is 2.28. The summed E-state index contributed by atoms with van der Waals surface area (Å²) < 4.78 is 16.0. The number of benzene rings is 2. The van der Waals surface area contributed by atoms with E-state index >= 15 is 0 Å². The summed E-state index contributed by atoms with van der Waals surface area (Å²) in [6.45, 7) is 0.640. The van der Waals surface area contributed by atoms with Gasteiger partial charge in [-0.25, -0.2) is 0 Å². The molecule has 2 aromatic carbocycles. The van der Waals surface area contributed by atoms with Crippen molar-refractivity contribution in [3.05, 3.63) is 47.5 Å². The minimum absolute atomic E-state index is 0.0172. The van der Waals surface area contributed by atoms with Crippen LogP contribution < -0.4 is 24.8 Å². The van der Waals surface area contributed by atoms with Gasteiger partial charge >= 0.3 is 0 Å². The van der Waals surface area contributed by atoms with E-state index in [4.69, 9.17) is 19.9 Å². The van der Waals surface area contributed by atoms with E-state index in [-0.39, 0.29) is 18.5 Å². The first kappa shape index (κ1) is 21.9. The van der Waals surface area contributed by atoms with Gasteiger partial charge in [0.2, 0.25) is 17.6 Å². The highest BCUT2D eigenvalue weighted by atomic mass is 16.5. The molecular weight excluding hydrogens is 402 g/mol. The molecule has 1 saturated heterocycles. The summed E-state index contributed by atoms with van der Waals surface area (Å²) in [4.78, 5) is 40.2. The first-order valence-corrected chi connectivity index (χ1v) is 9.69. The largest absolute Gasteiger partial charge is 0.493 e. The third-order valence-corrected chi connectivity index (χ3v) is 5.10. The Hall–Kier alpha value is -3.75. The van der Waals surface area contributed by atoms with Gasteiger partial charge in [0.15, 0.2) is 11.5 Å². The predicted molar refractivity (Wildman–Crippen MR) is 114 cm³/mol. The molecule has 31 heavy (non-hydrogen) atoms. The van der Waals surface area contributed by atoms with Crippen LogP contribution in [0.3, 0.4) is 0 Å². The molecule has 2 aromatic rings. The van der Waals surface area contributed by atoms with E-state index in [1.807, 2.05) is 0 Å². The molecule has 0 radical (unpaired) electrons. The minimum atomic E-state index is -0.566. The van der Waals surface area contributed by atoms with Gasteiger partial charge in [0.05, 0.1) is 21.3 Å². The van der Waals surface area contributed by atoms with E-state index in [2.05, 4.69) is 0 Å². The second-order valence-electron chi connectivity index (χ2n) is 6.96. The van der Waals surface area contributed by atoms with Crippen molar-refractivity contribution in [2.24, 2.45) is 5.73 Å². The standard InChI is InChI=1S/C22H25N3O6/c1-29-17-11-15(12-18(30-2)20(17)31-3)22(28)25(13-24-10-4-5-19(24)26)16-8-6-14(7-9-16)21(23)27/h6-9,11-12H,4-5,10,13H2,1-3H3,(H2,23,27). The topological polar surface area (TPSA) is 111 Å². The fraction of sp³-hybridized carbons (Fsp3) is 0.318. The summed E-state index contributed by atoms with van der Waals surface area (Å²) in [7, 11) is 4.41. The minimum Gasteiger partial charge on any atom is -0.493 e. The Labute approximate surface area is 180 Å². The molecule has 1 aliphatic rings. The molecule has 0 spiro atoms. The fourth-order valence-electron chi connectivity index (χ4n) is 3.45. The van der Waals surface area contributed by atoms with Crippen molar-refractivity contribution >= 4 is 23.4 Å². The first-order valence-electron chi connectivity index (χ1n) is 9.69. The van der Waals surface area contributed by atoms with Crippen LogP contribution in [-0.2, 0) is 4.79 Å². The van der Waals surface area contributed by atoms with E-state index in [9.17, 15) is 14.4 Å². The average Bonchev–Trinajstić information content (AvgIpc) is 3.20. The monoisotopic (exact) mass is 427 g/mol. The lowest BCUT2D eigenvalue weighted by atomic mass is 10.1. The van der Waals surface area contributed by atoms with Crippen LogP contribution in [0.2, 0.25) is 0 Å². The number of ether oxygens (including phenoxy) is 3. The molecule has 9 nitrogen and oxygen atoms in total. The maximum Gasteiger partial charge on any atom is 0.260 e. The molecule has 0 aliphatic carbocycles. The molecule has 164 valence electrons. The molecule has 3 amide bonds. The summed E-state index contributed by atoms with van der Waals surface area (Å²) in [5.74, 6) is 0.0950. The Kier molecular flexibility index (Phi) is 6.64. The van der Waals surface area contributed by atoms with Crippen molar-refractivity contribution < 1.29 is 28.6 Å². The number of carbonyl (C=O) groups excluding carboxylic acids is 3. The molecule has 0 atom stereocenters. The molecule has 0 saturated carbocycles. The molecule has 9 heteroatoms. The van der Waals surface area contributed by atoms with Crippen LogP contribution >= 0.6 is 0 Å². The number of likely N-dealkylation sites (tertiary alicyclic amines) is 1. The number of amides is 3. The van der Waals surface area contributed by atoms with Gasteiger partial charge in [0.25, 0.3) is 5.91 Å². The summed E-state index contributed by atoms with van der Waals surface area (Å²) >= 11 is 0. The third kappa shape index (κ3) is 4.55. The first-order chi connectivity index (χ1) is 14.9. The van der Waals surface area contributed by atoms with Crippen LogP contribution in [0.1, 0.15) is 33.6 Å². The Morgan fingerprint density at radius 1 is 1.00 bits per heavy atom. The number of methoxy groups -OCH3 is 3. The van der Waals surface area contributed by atoms with Crippen LogP contribution in [0.25, 0.3) is 0 Å². The molecule has 3 rings (SSSR count). The number of nitrogens with zero attached hydrogens (tertiary/aromatic N) is 2. The SMILES string of the molecule is COc1cc(C(=O)N(CN2CCCC2=O)c2ccc(C(N)=O)cc2)cc(OC)c1OC. The van der Waals surface area contributed by atoms with Gasteiger partial charge in [0, 0.05) is 29.8 Å². The van der Waals surface area contributed by atoms with E-state index in [1.165, 1.54) is 26.2 Å². The summed E-state index contributed by atoms with van der Waals surface area (Å²) in [5, 5.41) is 0. The van der Waals surface area contributed by atoms with Gasteiger partial charge in [-0.1, -0.05) is 0 Å². The Bertz CT molecular complexity index is 964. The number of carbonyl (C=O) groups is 3. The van der Waals surface area contributed by atoms with Crippen molar-refractivity contribution in [2.75, 3.05) is 39.4 Å². The van der Waals surface area contributed by atoms with Gasteiger partial charge in [0.1, 0.15) is 6.67 Å². The van der Waals surface area contributed by atoms with E-state index in [0.29, 0.717) is 47.0 Å². The highest BCUT2D eigenvalue weighted by Crippen LogP contribution is 2.38. The molecule has 2 N–H and O–H groups in total. The average molecular weight is 427 g/mol. The molecule has 1 aliphatic heterocycles. The van der Waals surface area contributed by atoms with Crippen molar-refractivity contribution in [2.45, 2.75) is 12.8 Å². The fourth-order valence-corrected chi connectivity index (χ4v) is 3.45. The summed E-state index contributed by atoms with van der Waals surface area (Å²) in [6, 6.07) is 9.44. The number of hydrogen-bond acceptors (Lipinski definition) is 6. The normalized spacial score (nSPS) is 13.1. The van der Waals surface area contributed by atoms with Gasteiger partial charge in [-0.15, -0.1) is 0 Å². The van der Waals surface area contributed by atoms with Gasteiger partial charge in [-0.3, -0.25) is 19.3 Å². The van der Waals surface area contributed by atoms with Gasteiger partial charge in [-0.2, -0.15) is 0 Å². The number of nitrogens with two attached hydrogens (primary N) is 1. The Morgan fingerprint density at radius 3 is 2.06 bits per heavy atom. The molecule has 0 unspecified atom stereocenters. The van der Waals surface area contributed by atoms with Gasteiger partial charge in [-0.05, 0) is 42.8 Å². The third-order valence-electron chi connectivity index (χ3n) is 5.10. The molecule has 0 bridgehead atoms. The quantitative estimate of drug-likeness (QED) is 0.690. The number of primary amides is 1. The molecule has 0 aromatic heterocycles. The van der Waals surface area contributed by atoms with E-state index in [0.717, 1.165) is 6.42 Å². The lowest BCUT2D eigenvalue weighted by Gasteiger charge is -2.28. The lowest BCUT2D eigenvalue weighted by Crippen LogP contribution is -2.42. The summed E-state index contributed by atoms with van der Waals surface area (Å²) in [5.41, 5.74) is 6.45. The van der Waals surface area contributed by atoms with Crippen molar-refractivity contribution in [1.29, 1.82) is 0 Å². The zero-order valence-electron chi connectivity index (χ0n) is 17.7. The second-order valence-corrected chi connectivity index (χ2v) is 6.96. The predicted octanol–water partition coefficient (Wildman–Crippen LogP) is 2.04. The Morgan fingerprint density at radius 2 is 1.61 bits per heavy atom. The highest BCUT2D eigenvalue weighted by molar-refractivity contribution is 6.07. The summed E-state index contributed by atoms with van der Waals surface area (Å²) in [6.07, 6.45) is 1.19. The van der Waals surface area contributed by atoms with Crippen molar-refractivity contribution in [3.8, 4) is 17.2 Å². The maximum atomic E-state index is 13.5. The lowest BCUT2D eigenvalue weighted by molar-refractivity contribution is -0.127. The van der Waals surface area contributed by atoms with Crippen LogP contribution in [0.5, 0.6) is 17.2 Å². The van der Waals surface area contributed by atoms with Crippen molar-refractivity contribution in [3.63, 3.8) is 0 Å². The van der Waals surface area contributed by atoms with E-state index in [1.54, 1.807) is 41.3 Å². The zero-order chi connectivity index (χ0) is 22.5. The second kappa shape index (κ2) is 9.38. The Balaban J connectivity index is 2.03.